The summed E-state index contributed by atoms with van der Waals surface area (Å²) in [7, 11) is 0. The molecule has 0 aromatic heterocycles. The molecule has 0 rings (SSSR count). The van der Waals surface area contributed by atoms with Gasteiger partial charge in [-0.2, -0.15) is 0 Å². The standard InChI is InChI=1S/C8H16N2O8/c11-7(15-3-5-17-13)9-1-2-10-8(12)16-4-6-18-14/h13-14H,1-6H2,(H,9,11)(H,10,12). The van der Waals surface area contributed by atoms with E-state index in [1.807, 2.05) is 0 Å². The van der Waals surface area contributed by atoms with Crippen molar-refractivity contribution in [1.29, 1.82) is 0 Å². The first-order valence-corrected chi connectivity index (χ1v) is 5.04. The van der Waals surface area contributed by atoms with Gasteiger partial charge in [0.15, 0.2) is 0 Å². The number of hydrogen-bond donors (Lipinski definition) is 4. The van der Waals surface area contributed by atoms with Crippen LogP contribution in [-0.2, 0) is 19.2 Å². The molecule has 4 N–H and O–H groups in total. The smallest absolute Gasteiger partial charge is 0.407 e. The average Bonchev–Trinajstić information content (AvgIpc) is 2.35. The molecule has 0 heterocycles. The maximum atomic E-state index is 10.9. The van der Waals surface area contributed by atoms with Crippen LogP contribution in [0, 0.1) is 0 Å². The van der Waals surface area contributed by atoms with Crippen molar-refractivity contribution in [3.8, 4) is 0 Å². The van der Waals surface area contributed by atoms with Gasteiger partial charge in [-0.15, -0.1) is 0 Å². The third-order valence-corrected chi connectivity index (χ3v) is 1.48. The summed E-state index contributed by atoms with van der Waals surface area (Å²) in [6.45, 7) is -0.122. The van der Waals surface area contributed by atoms with Gasteiger partial charge in [0.2, 0.25) is 0 Å². The lowest BCUT2D eigenvalue weighted by Crippen LogP contribution is -2.35. The molecule has 0 aliphatic carbocycles. The Kier molecular flexibility index (Phi) is 10.8. The zero-order valence-electron chi connectivity index (χ0n) is 9.59. The first-order chi connectivity index (χ1) is 8.70. The molecule has 0 saturated heterocycles. The topological polar surface area (TPSA) is 136 Å². The molecule has 0 atom stereocenters. The van der Waals surface area contributed by atoms with Crippen molar-refractivity contribution in [2.75, 3.05) is 39.5 Å². The van der Waals surface area contributed by atoms with E-state index in [1.165, 1.54) is 0 Å². The van der Waals surface area contributed by atoms with Crippen LogP contribution < -0.4 is 10.6 Å². The average molecular weight is 268 g/mol. The number of carbonyl (C=O) groups excluding carboxylic acids is 2. The van der Waals surface area contributed by atoms with Gasteiger partial charge in [-0.05, 0) is 0 Å². The fraction of sp³-hybridized carbons (Fsp3) is 0.750. The monoisotopic (exact) mass is 268 g/mol. The number of nitrogens with one attached hydrogen (secondary N) is 2. The predicted octanol–water partition coefficient (Wildman–Crippen LogP) is -0.582. The van der Waals surface area contributed by atoms with Gasteiger partial charge in [0.1, 0.15) is 26.4 Å². The summed E-state index contributed by atoms with van der Waals surface area (Å²) in [5.41, 5.74) is 0. The SMILES string of the molecule is O=C(NCCNC(=O)OCCOO)OCCOO. The normalized spacial score (nSPS) is 9.67. The van der Waals surface area contributed by atoms with Crippen molar-refractivity contribution in [1.82, 2.24) is 10.6 Å². The molecule has 0 aliphatic rings. The fourth-order valence-electron chi connectivity index (χ4n) is 0.774. The molecule has 0 aromatic carbocycles. The Morgan fingerprint density at radius 1 is 0.778 bits per heavy atom. The highest BCUT2D eigenvalue weighted by Gasteiger charge is 2.03. The van der Waals surface area contributed by atoms with Crippen LogP contribution in [0.1, 0.15) is 0 Å². The first kappa shape index (κ1) is 16.4. The van der Waals surface area contributed by atoms with E-state index in [9.17, 15) is 9.59 Å². The van der Waals surface area contributed by atoms with Crippen LogP contribution in [0.2, 0.25) is 0 Å². The van der Waals surface area contributed by atoms with Crippen molar-refractivity contribution >= 4 is 12.2 Å². The maximum Gasteiger partial charge on any atom is 0.407 e. The first-order valence-electron chi connectivity index (χ1n) is 5.04. The van der Waals surface area contributed by atoms with E-state index >= 15 is 0 Å². The third-order valence-electron chi connectivity index (χ3n) is 1.48. The van der Waals surface area contributed by atoms with Crippen molar-refractivity contribution in [3.63, 3.8) is 0 Å². The summed E-state index contributed by atoms with van der Waals surface area (Å²) in [5.74, 6) is 0. The van der Waals surface area contributed by atoms with E-state index in [4.69, 9.17) is 10.5 Å². The second kappa shape index (κ2) is 11.9. The molecule has 0 radical (unpaired) electrons. The van der Waals surface area contributed by atoms with Gasteiger partial charge in [-0.25, -0.2) is 19.4 Å². The van der Waals surface area contributed by atoms with Gasteiger partial charge in [-0.3, -0.25) is 10.5 Å². The van der Waals surface area contributed by atoms with Crippen molar-refractivity contribution < 1.29 is 39.4 Å². The summed E-state index contributed by atoms with van der Waals surface area (Å²) in [5, 5.41) is 20.6. The Bertz CT molecular complexity index is 213. The minimum absolute atomic E-state index is 0.0844. The molecular weight excluding hydrogens is 252 g/mol. The highest BCUT2D eigenvalue weighted by atomic mass is 17.1. The second-order valence-electron chi connectivity index (χ2n) is 2.79. The number of rotatable bonds is 9. The second-order valence-corrected chi connectivity index (χ2v) is 2.79. The maximum absolute atomic E-state index is 10.9. The van der Waals surface area contributed by atoms with Crippen LogP contribution in [-0.4, -0.2) is 62.2 Å². The summed E-state index contributed by atoms with van der Waals surface area (Å²) in [4.78, 5) is 29.2. The van der Waals surface area contributed by atoms with Crippen LogP contribution in [0.5, 0.6) is 0 Å². The number of hydrogen-bond acceptors (Lipinski definition) is 8. The molecule has 2 amide bonds. The zero-order valence-corrected chi connectivity index (χ0v) is 9.59. The summed E-state index contributed by atoms with van der Waals surface area (Å²) in [6.07, 6.45) is -1.40. The van der Waals surface area contributed by atoms with E-state index < -0.39 is 12.2 Å². The molecule has 0 aliphatic heterocycles. The Balaban J connectivity index is 3.32. The Morgan fingerprint density at radius 2 is 1.17 bits per heavy atom. The zero-order chi connectivity index (χ0) is 13.6. The highest BCUT2D eigenvalue weighted by molar-refractivity contribution is 5.68. The largest absolute Gasteiger partial charge is 0.447 e. The van der Waals surface area contributed by atoms with E-state index in [-0.39, 0.29) is 39.5 Å². The summed E-state index contributed by atoms with van der Waals surface area (Å²) >= 11 is 0. The van der Waals surface area contributed by atoms with Crippen molar-refractivity contribution in [2.45, 2.75) is 0 Å². The molecule has 0 aromatic rings. The lowest BCUT2D eigenvalue weighted by atomic mass is 10.6. The van der Waals surface area contributed by atoms with Gasteiger partial charge < -0.3 is 20.1 Å². The molecule has 10 nitrogen and oxygen atoms in total. The Morgan fingerprint density at radius 3 is 1.50 bits per heavy atom. The number of ether oxygens (including phenoxy) is 2. The predicted molar refractivity (Wildman–Crippen MR) is 55.9 cm³/mol. The van der Waals surface area contributed by atoms with Crippen LogP contribution in [0.4, 0.5) is 9.59 Å². The third kappa shape index (κ3) is 10.9. The number of amides is 2. The van der Waals surface area contributed by atoms with E-state index in [1.54, 1.807) is 0 Å². The van der Waals surface area contributed by atoms with Crippen LogP contribution in [0.15, 0.2) is 0 Å². The fourth-order valence-corrected chi connectivity index (χ4v) is 0.774. The minimum Gasteiger partial charge on any atom is -0.447 e. The molecular formula is C8H16N2O8. The molecule has 18 heavy (non-hydrogen) atoms. The summed E-state index contributed by atoms with van der Waals surface area (Å²) in [6, 6.07) is 0. The van der Waals surface area contributed by atoms with E-state index in [2.05, 4.69) is 29.9 Å². The highest BCUT2D eigenvalue weighted by Crippen LogP contribution is 1.79. The number of alkyl carbamates (subject to hydrolysis) is 2. The quantitative estimate of drug-likeness (QED) is 0.248. The Labute approximate surface area is 103 Å². The van der Waals surface area contributed by atoms with E-state index in [0.29, 0.717) is 0 Å². The molecule has 0 spiro atoms. The molecule has 10 heteroatoms. The molecule has 0 bridgehead atoms. The Hall–Kier alpha value is -1.62. The van der Waals surface area contributed by atoms with Gasteiger partial charge in [0.25, 0.3) is 0 Å². The minimum atomic E-state index is -0.698. The van der Waals surface area contributed by atoms with Crippen LogP contribution in [0.25, 0.3) is 0 Å². The lowest BCUT2D eigenvalue weighted by Gasteiger charge is -2.07. The molecule has 106 valence electrons. The van der Waals surface area contributed by atoms with Crippen LogP contribution in [0.3, 0.4) is 0 Å². The van der Waals surface area contributed by atoms with Gasteiger partial charge >= 0.3 is 12.2 Å². The summed E-state index contributed by atoms with van der Waals surface area (Å²) < 4.78 is 9.09. The van der Waals surface area contributed by atoms with Gasteiger partial charge in [0, 0.05) is 13.1 Å². The van der Waals surface area contributed by atoms with Crippen molar-refractivity contribution in [2.24, 2.45) is 0 Å². The van der Waals surface area contributed by atoms with Crippen molar-refractivity contribution in [3.05, 3.63) is 0 Å². The van der Waals surface area contributed by atoms with Gasteiger partial charge in [-0.1, -0.05) is 0 Å². The number of carbonyl (C=O) groups is 2. The molecule has 0 saturated carbocycles. The van der Waals surface area contributed by atoms with Crippen LogP contribution >= 0.6 is 0 Å². The molecule has 0 unspecified atom stereocenters. The lowest BCUT2D eigenvalue weighted by molar-refractivity contribution is -0.246. The van der Waals surface area contributed by atoms with E-state index in [0.717, 1.165) is 0 Å². The molecule has 0 fully saturated rings. The van der Waals surface area contributed by atoms with Gasteiger partial charge in [0.05, 0.1) is 0 Å².